The molecule has 0 aliphatic carbocycles. The molecular formula is C25H24N2O5. The molecule has 0 saturated carbocycles. The first-order valence-electron chi connectivity index (χ1n) is 10.8. The molecule has 2 aliphatic rings. The van der Waals surface area contributed by atoms with Crippen LogP contribution in [0.3, 0.4) is 0 Å². The van der Waals surface area contributed by atoms with E-state index in [1.165, 1.54) is 13.0 Å². The van der Waals surface area contributed by atoms with Crippen LogP contribution < -0.4 is 5.56 Å². The van der Waals surface area contributed by atoms with E-state index >= 15 is 0 Å². The molecule has 1 aromatic heterocycles. The van der Waals surface area contributed by atoms with Crippen molar-refractivity contribution >= 4 is 22.6 Å². The number of carbonyl (C=O) groups excluding carboxylic acids is 2. The predicted octanol–water partition coefficient (Wildman–Crippen LogP) is 2.80. The fourth-order valence-corrected chi connectivity index (χ4v) is 4.84. The van der Waals surface area contributed by atoms with Gasteiger partial charge >= 0.3 is 5.97 Å². The van der Waals surface area contributed by atoms with Crippen LogP contribution in [0.25, 0.3) is 10.8 Å². The number of aromatic nitrogens is 1. The number of carbonyl (C=O) groups is 2. The summed E-state index contributed by atoms with van der Waals surface area (Å²) in [4.78, 5) is 41.1. The van der Waals surface area contributed by atoms with Crippen LogP contribution in [0.5, 0.6) is 0 Å². The molecule has 7 heteroatoms. The van der Waals surface area contributed by atoms with Crippen molar-refractivity contribution in [3.8, 4) is 0 Å². The van der Waals surface area contributed by atoms with Crippen LogP contribution in [0, 0.1) is 0 Å². The zero-order valence-electron chi connectivity index (χ0n) is 17.8. The number of fused-ring (bicyclic) bond motifs is 3. The summed E-state index contributed by atoms with van der Waals surface area (Å²) < 4.78 is 11.0. The molecule has 1 fully saturated rings. The number of ether oxygens (including phenoxy) is 2. The average Bonchev–Trinajstić information content (AvgIpc) is 3.12. The Kier molecular flexibility index (Phi) is 5.27. The summed E-state index contributed by atoms with van der Waals surface area (Å²) in [5, 5.41) is 2.15. The van der Waals surface area contributed by atoms with Crippen LogP contribution >= 0.6 is 0 Å². The number of amides is 1. The lowest BCUT2D eigenvalue weighted by atomic mass is 9.93. The molecule has 0 radical (unpaired) electrons. The van der Waals surface area contributed by atoms with Crippen molar-refractivity contribution < 1.29 is 19.1 Å². The number of nitrogens with one attached hydrogen (secondary N) is 1. The van der Waals surface area contributed by atoms with Gasteiger partial charge in [-0.05, 0) is 46.4 Å². The summed E-state index contributed by atoms with van der Waals surface area (Å²) in [6, 6.07) is 13.2. The smallest absolute Gasteiger partial charge is 0.303 e. The van der Waals surface area contributed by atoms with E-state index < -0.39 is 6.10 Å². The van der Waals surface area contributed by atoms with E-state index in [4.69, 9.17) is 9.47 Å². The maximum Gasteiger partial charge on any atom is 0.303 e. The van der Waals surface area contributed by atoms with E-state index in [-0.39, 0.29) is 23.5 Å². The summed E-state index contributed by atoms with van der Waals surface area (Å²) >= 11 is 0. The van der Waals surface area contributed by atoms with Gasteiger partial charge in [0.1, 0.15) is 6.10 Å². The van der Waals surface area contributed by atoms with E-state index in [9.17, 15) is 14.4 Å². The van der Waals surface area contributed by atoms with Gasteiger partial charge in [-0.25, -0.2) is 0 Å². The highest BCUT2D eigenvalue weighted by molar-refractivity contribution is 6.05. The highest BCUT2D eigenvalue weighted by Crippen LogP contribution is 2.36. The van der Waals surface area contributed by atoms with Gasteiger partial charge in [0.05, 0.1) is 12.6 Å². The highest BCUT2D eigenvalue weighted by atomic mass is 16.6. The zero-order valence-corrected chi connectivity index (χ0v) is 17.8. The van der Waals surface area contributed by atoms with Gasteiger partial charge in [0.15, 0.2) is 0 Å². The first-order chi connectivity index (χ1) is 15.5. The van der Waals surface area contributed by atoms with Crippen LogP contribution in [-0.4, -0.2) is 47.1 Å². The highest BCUT2D eigenvalue weighted by Gasteiger charge is 2.40. The standard InChI is InChI=1S/C25H24N2O5/c1-15(28)32-23-14-31-9-8-22(23)27-13-21-19-5-3-2-4-18(19)17(11-20(21)25(27)30)10-16-6-7-24(29)26-12-16/h2-7,11-12,22-23H,8-10,13-14H2,1H3,(H,26,29)/t22-,23-/m0/s1. The number of benzene rings is 2. The van der Waals surface area contributed by atoms with E-state index in [0.717, 1.165) is 27.5 Å². The second-order valence-electron chi connectivity index (χ2n) is 8.36. The topological polar surface area (TPSA) is 88.7 Å². The fourth-order valence-electron chi connectivity index (χ4n) is 4.84. The number of hydrogen-bond donors (Lipinski definition) is 1. The number of H-pyrrole nitrogens is 1. The molecule has 3 heterocycles. The summed E-state index contributed by atoms with van der Waals surface area (Å²) in [7, 11) is 0. The van der Waals surface area contributed by atoms with Crippen LogP contribution in [0.1, 0.15) is 40.4 Å². The van der Waals surface area contributed by atoms with Gasteiger partial charge in [0.25, 0.3) is 5.91 Å². The van der Waals surface area contributed by atoms with E-state index in [1.807, 2.05) is 23.1 Å². The molecule has 3 aromatic rings. The summed E-state index contributed by atoms with van der Waals surface area (Å²) in [6.07, 6.45) is 2.47. The predicted molar refractivity (Wildman–Crippen MR) is 118 cm³/mol. The van der Waals surface area contributed by atoms with Crippen LogP contribution in [0.2, 0.25) is 0 Å². The Labute approximate surface area is 184 Å². The molecule has 164 valence electrons. The van der Waals surface area contributed by atoms with E-state index in [1.54, 1.807) is 12.3 Å². The minimum atomic E-state index is -0.466. The Morgan fingerprint density at radius 3 is 2.75 bits per heavy atom. The number of nitrogens with zero attached hydrogens (tertiary/aromatic N) is 1. The molecular weight excluding hydrogens is 408 g/mol. The Hall–Kier alpha value is -3.45. The number of aromatic amines is 1. The van der Waals surface area contributed by atoms with Gasteiger partial charge in [-0.3, -0.25) is 14.4 Å². The van der Waals surface area contributed by atoms with Crippen LogP contribution in [0.15, 0.2) is 53.5 Å². The normalized spacial score (nSPS) is 20.4. The van der Waals surface area contributed by atoms with Gasteiger partial charge in [0, 0.05) is 37.9 Å². The van der Waals surface area contributed by atoms with Gasteiger partial charge in [-0.2, -0.15) is 0 Å². The second-order valence-corrected chi connectivity index (χ2v) is 8.36. The minimum absolute atomic E-state index is 0.0440. The molecule has 1 amide bonds. The van der Waals surface area contributed by atoms with Gasteiger partial charge in [-0.15, -0.1) is 0 Å². The molecule has 32 heavy (non-hydrogen) atoms. The number of hydrogen-bond acceptors (Lipinski definition) is 5. The number of esters is 1. The Morgan fingerprint density at radius 1 is 1.19 bits per heavy atom. The Bertz CT molecular complexity index is 1240. The lowest BCUT2D eigenvalue weighted by Crippen LogP contribution is -2.50. The van der Waals surface area contributed by atoms with Crippen molar-refractivity contribution in [2.24, 2.45) is 0 Å². The molecule has 5 rings (SSSR count). The van der Waals surface area contributed by atoms with Crippen molar-refractivity contribution in [1.82, 2.24) is 9.88 Å². The number of pyridine rings is 1. The van der Waals surface area contributed by atoms with Crippen molar-refractivity contribution in [3.63, 3.8) is 0 Å². The van der Waals surface area contributed by atoms with E-state index in [0.29, 0.717) is 38.2 Å². The van der Waals surface area contributed by atoms with Gasteiger partial charge in [0.2, 0.25) is 5.56 Å². The van der Waals surface area contributed by atoms with E-state index in [2.05, 4.69) is 17.1 Å². The first kappa shape index (κ1) is 20.5. The molecule has 7 nitrogen and oxygen atoms in total. The Morgan fingerprint density at radius 2 is 2.00 bits per heavy atom. The second kappa shape index (κ2) is 8.24. The lowest BCUT2D eigenvalue weighted by Gasteiger charge is -2.36. The van der Waals surface area contributed by atoms with Crippen LogP contribution in [0.4, 0.5) is 0 Å². The van der Waals surface area contributed by atoms with Crippen LogP contribution in [-0.2, 0) is 27.2 Å². The largest absolute Gasteiger partial charge is 0.458 e. The third-order valence-electron chi connectivity index (χ3n) is 6.29. The monoisotopic (exact) mass is 432 g/mol. The van der Waals surface area contributed by atoms with Gasteiger partial charge in [-0.1, -0.05) is 30.3 Å². The molecule has 0 unspecified atom stereocenters. The van der Waals surface area contributed by atoms with Crippen molar-refractivity contribution in [1.29, 1.82) is 0 Å². The summed E-state index contributed by atoms with van der Waals surface area (Å²) in [5.74, 6) is -0.416. The van der Waals surface area contributed by atoms with Gasteiger partial charge < -0.3 is 19.4 Å². The maximum atomic E-state index is 13.5. The zero-order chi connectivity index (χ0) is 22.2. The average molecular weight is 432 g/mol. The molecule has 2 aromatic carbocycles. The first-order valence-corrected chi connectivity index (χ1v) is 10.8. The molecule has 0 bridgehead atoms. The third-order valence-corrected chi connectivity index (χ3v) is 6.29. The minimum Gasteiger partial charge on any atom is -0.458 e. The molecule has 2 aliphatic heterocycles. The molecule has 1 saturated heterocycles. The van der Waals surface area contributed by atoms with Crippen molar-refractivity contribution in [3.05, 3.63) is 81.3 Å². The van der Waals surface area contributed by atoms with Crippen molar-refractivity contribution in [2.75, 3.05) is 13.2 Å². The summed E-state index contributed by atoms with van der Waals surface area (Å²) in [6.45, 7) is 2.68. The molecule has 1 N–H and O–H groups in total. The third kappa shape index (κ3) is 3.69. The summed E-state index contributed by atoms with van der Waals surface area (Å²) in [5.41, 5.74) is 3.55. The fraction of sp³-hybridized carbons (Fsp3) is 0.320. The quantitative estimate of drug-likeness (QED) is 0.641. The molecule has 2 atom stereocenters. The Balaban J connectivity index is 1.53. The SMILES string of the molecule is CC(=O)O[C@H]1COCC[C@@H]1N1Cc2c(cc(Cc3ccc(=O)[nH]c3)c3ccccc23)C1=O. The maximum absolute atomic E-state index is 13.5. The lowest BCUT2D eigenvalue weighted by molar-refractivity contribution is -0.158. The van der Waals surface area contributed by atoms with Crippen molar-refractivity contribution in [2.45, 2.75) is 38.5 Å². The number of rotatable bonds is 4. The molecule has 0 spiro atoms.